The second-order valence-corrected chi connectivity index (χ2v) is 7.99. The Bertz CT molecular complexity index is 1170. The van der Waals surface area contributed by atoms with Gasteiger partial charge in [0.05, 0.1) is 17.5 Å². The number of aromatic hydroxyl groups is 1. The van der Waals surface area contributed by atoms with Crippen molar-refractivity contribution in [1.82, 2.24) is 4.57 Å². The smallest absolute Gasteiger partial charge is 0.285 e. The van der Waals surface area contributed by atoms with Crippen LogP contribution in [-0.2, 0) is 21.9 Å². The zero-order valence-corrected chi connectivity index (χ0v) is 15.9. The van der Waals surface area contributed by atoms with E-state index < -0.39 is 28.3 Å². The highest BCUT2D eigenvalue weighted by Gasteiger charge is 2.21. The Labute approximate surface area is 160 Å². The lowest BCUT2D eigenvalue weighted by molar-refractivity contribution is -0.116. The molecule has 1 amide bonds. The minimum absolute atomic E-state index is 0.110. The SMILES string of the molecule is Cn1c(O)c(N=NC(=O)CN(c2ccc(F)cc2)S(C)(=O)=O)c2ccccc21. The normalized spacial score (nSPS) is 12.0. The van der Waals surface area contributed by atoms with E-state index in [9.17, 15) is 22.7 Å². The molecule has 1 N–H and O–H groups in total. The van der Waals surface area contributed by atoms with Crippen molar-refractivity contribution < 1.29 is 22.7 Å². The van der Waals surface area contributed by atoms with Gasteiger partial charge in [0, 0.05) is 12.4 Å². The number of hydrogen-bond acceptors (Lipinski definition) is 5. The van der Waals surface area contributed by atoms with Crippen LogP contribution in [0.5, 0.6) is 5.88 Å². The van der Waals surface area contributed by atoms with Gasteiger partial charge in [-0.05, 0) is 30.3 Å². The van der Waals surface area contributed by atoms with E-state index in [2.05, 4.69) is 10.2 Å². The van der Waals surface area contributed by atoms with E-state index in [1.54, 1.807) is 31.3 Å². The number of nitrogens with zero attached hydrogens (tertiary/aromatic N) is 4. The van der Waals surface area contributed by atoms with E-state index in [-0.39, 0.29) is 17.3 Å². The van der Waals surface area contributed by atoms with Crippen LogP contribution in [0.25, 0.3) is 10.9 Å². The molecule has 0 fully saturated rings. The molecule has 10 heteroatoms. The topological polar surface area (TPSA) is 104 Å². The highest BCUT2D eigenvalue weighted by Crippen LogP contribution is 2.37. The fraction of sp³-hybridized carbons (Fsp3) is 0.167. The largest absolute Gasteiger partial charge is 0.493 e. The Kier molecular flexibility index (Phi) is 5.14. The molecule has 28 heavy (non-hydrogen) atoms. The first kappa shape index (κ1) is 19.5. The molecule has 0 aliphatic rings. The quantitative estimate of drug-likeness (QED) is 0.660. The number of amides is 1. The van der Waals surface area contributed by atoms with E-state index >= 15 is 0 Å². The molecule has 0 aliphatic heterocycles. The molecular formula is C18H17FN4O4S. The molecule has 0 bridgehead atoms. The predicted octanol–water partition coefficient (Wildman–Crippen LogP) is 3.10. The lowest BCUT2D eigenvalue weighted by Crippen LogP contribution is -2.34. The first-order chi connectivity index (χ1) is 13.2. The minimum atomic E-state index is -3.81. The number of aryl methyl sites for hydroxylation is 1. The van der Waals surface area contributed by atoms with Gasteiger partial charge < -0.3 is 9.67 Å². The summed E-state index contributed by atoms with van der Waals surface area (Å²) in [5.74, 6) is -1.55. The van der Waals surface area contributed by atoms with Gasteiger partial charge in [-0.15, -0.1) is 10.2 Å². The summed E-state index contributed by atoms with van der Waals surface area (Å²) >= 11 is 0. The molecule has 0 aliphatic carbocycles. The summed E-state index contributed by atoms with van der Waals surface area (Å²) in [6, 6.07) is 11.7. The molecule has 1 aromatic heterocycles. The number of azo groups is 1. The number of carbonyl (C=O) groups excluding carboxylic acids is 1. The summed E-state index contributed by atoms with van der Waals surface area (Å²) in [7, 11) is -2.18. The highest BCUT2D eigenvalue weighted by atomic mass is 32.2. The standard InChI is InChI=1S/C18H17FN4O4S/c1-22-15-6-4-3-5-14(15)17(18(22)25)21-20-16(24)11-23(28(2,26)27)13-9-7-12(19)8-10-13/h3-10,25H,11H2,1-2H3. The van der Waals surface area contributed by atoms with Gasteiger partial charge in [-0.25, -0.2) is 12.8 Å². The second kappa shape index (κ2) is 7.39. The number of anilines is 1. The van der Waals surface area contributed by atoms with Crippen LogP contribution in [0.4, 0.5) is 15.8 Å². The summed E-state index contributed by atoms with van der Waals surface area (Å²) in [4.78, 5) is 12.2. The Hall–Kier alpha value is -3.27. The Morgan fingerprint density at radius 3 is 2.46 bits per heavy atom. The molecule has 0 spiro atoms. The van der Waals surface area contributed by atoms with Crippen molar-refractivity contribution >= 4 is 38.2 Å². The van der Waals surface area contributed by atoms with Crippen molar-refractivity contribution in [3.05, 3.63) is 54.3 Å². The first-order valence-corrected chi connectivity index (χ1v) is 9.97. The molecular weight excluding hydrogens is 387 g/mol. The van der Waals surface area contributed by atoms with Crippen molar-refractivity contribution in [3.63, 3.8) is 0 Å². The van der Waals surface area contributed by atoms with Crippen LogP contribution in [-0.4, -0.2) is 36.8 Å². The molecule has 3 aromatic rings. The highest BCUT2D eigenvalue weighted by molar-refractivity contribution is 7.92. The fourth-order valence-electron chi connectivity index (χ4n) is 2.73. The Morgan fingerprint density at radius 2 is 1.82 bits per heavy atom. The van der Waals surface area contributed by atoms with Crippen LogP contribution < -0.4 is 4.31 Å². The zero-order chi connectivity index (χ0) is 20.5. The summed E-state index contributed by atoms with van der Waals surface area (Å²) in [5, 5.41) is 18.2. The third-order valence-electron chi connectivity index (χ3n) is 4.11. The Balaban J connectivity index is 1.88. The van der Waals surface area contributed by atoms with Gasteiger partial charge in [0.1, 0.15) is 12.4 Å². The number of para-hydroxylation sites is 1. The Morgan fingerprint density at radius 1 is 1.18 bits per heavy atom. The minimum Gasteiger partial charge on any atom is -0.493 e. The summed E-state index contributed by atoms with van der Waals surface area (Å²) < 4.78 is 39.4. The summed E-state index contributed by atoms with van der Waals surface area (Å²) in [6.07, 6.45) is 0.928. The number of carbonyl (C=O) groups is 1. The van der Waals surface area contributed by atoms with Crippen molar-refractivity contribution in [2.75, 3.05) is 17.1 Å². The summed E-state index contributed by atoms with van der Waals surface area (Å²) in [6.45, 7) is -0.612. The molecule has 1 heterocycles. The first-order valence-electron chi connectivity index (χ1n) is 8.12. The van der Waals surface area contributed by atoms with Gasteiger partial charge in [0.25, 0.3) is 5.91 Å². The van der Waals surface area contributed by atoms with Crippen molar-refractivity contribution in [1.29, 1.82) is 0 Å². The van der Waals surface area contributed by atoms with Crippen molar-refractivity contribution in [2.45, 2.75) is 0 Å². The van der Waals surface area contributed by atoms with E-state index in [0.29, 0.717) is 10.9 Å². The van der Waals surface area contributed by atoms with Gasteiger partial charge in [0.15, 0.2) is 5.69 Å². The molecule has 8 nitrogen and oxygen atoms in total. The van der Waals surface area contributed by atoms with Gasteiger partial charge in [-0.3, -0.25) is 9.10 Å². The number of benzene rings is 2. The van der Waals surface area contributed by atoms with Crippen LogP contribution in [0.3, 0.4) is 0 Å². The lowest BCUT2D eigenvalue weighted by Gasteiger charge is -2.20. The van der Waals surface area contributed by atoms with Crippen LogP contribution >= 0.6 is 0 Å². The summed E-state index contributed by atoms with van der Waals surface area (Å²) in [5.41, 5.74) is 0.935. The van der Waals surface area contributed by atoms with Crippen LogP contribution in [0.15, 0.2) is 58.8 Å². The molecule has 2 aromatic carbocycles. The number of rotatable bonds is 5. The number of halogens is 1. The maximum Gasteiger partial charge on any atom is 0.285 e. The van der Waals surface area contributed by atoms with Crippen molar-refractivity contribution in [2.24, 2.45) is 17.3 Å². The average molecular weight is 404 g/mol. The molecule has 0 saturated heterocycles. The molecule has 0 atom stereocenters. The average Bonchev–Trinajstić information content (AvgIpc) is 2.89. The molecule has 0 unspecified atom stereocenters. The maximum atomic E-state index is 13.1. The molecule has 146 valence electrons. The van der Waals surface area contributed by atoms with Gasteiger partial charge in [-0.1, -0.05) is 18.2 Å². The van der Waals surface area contributed by atoms with Gasteiger partial charge in [-0.2, -0.15) is 0 Å². The monoisotopic (exact) mass is 404 g/mol. The van der Waals surface area contributed by atoms with E-state index in [1.807, 2.05) is 0 Å². The van der Waals surface area contributed by atoms with E-state index in [1.165, 1.54) is 16.7 Å². The van der Waals surface area contributed by atoms with Gasteiger partial charge >= 0.3 is 0 Å². The van der Waals surface area contributed by atoms with Crippen LogP contribution in [0.1, 0.15) is 0 Å². The molecule has 0 saturated carbocycles. The number of sulfonamides is 1. The maximum absolute atomic E-state index is 13.1. The number of hydrogen-bond donors (Lipinski definition) is 1. The van der Waals surface area contributed by atoms with Crippen LogP contribution in [0.2, 0.25) is 0 Å². The molecule has 0 radical (unpaired) electrons. The van der Waals surface area contributed by atoms with E-state index in [4.69, 9.17) is 0 Å². The van der Waals surface area contributed by atoms with E-state index in [0.717, 1.165) is 22.7 Å². The zero-order valence-electron chi connectivity index (χ0n) is 15.1. The number of aromatic nitrogens is 1. The lowest BCUT2D eigenvalue weighted by atomic mass is 10.2. The van der Waals surface area contributed by atoms with Crippen LogP contribution in [0, 0.1) is 5.82 Å². The molecule has 3 rings (SSSR count). The van der Waals surface area contributed by atoms with Gasteiger partial charge in [0.2, 0.25) is 15.9 Å². The number of fused-ring (bicyclic) bond motifs is 1. The second-order valence-electron chi connectivity index (χ2n) is 6.09. The fourth-order valence-corrected chi connectivity index (χ4v) is 3.58. The van der Waals surface area contributed by atoms with Crippen molar-refractivity contribution in [3.8, 4) is 5.88 Å². The third-order valence-corrected chi connectivity index (χ3v) is 5.25. The third kappa shape index (κ3) is 3.86. The predicted molar refractivity (Wildman–Crippen MR) is 103 cm³/mol.